The Morgan fingerprint density at radius 3 is 2.57 bits per heavy atom. The summed E-state index contributed by atoms with van der Waals surface area (Å²) in [5.41, 5.74) is 7.96. The van der Waals surface area contributed by atoms with Crippen molar-refractivity contribution >= 4 is 28.4 Å². The fourth-order valence-electron chi connectivity index (χ4n) is 1.29. The third kappa shape index (κ3) is 1.87. The van der Waals surface area contributed by atoms with Crippen molar-refractivity contribution in [3.05, 3.63) is 46.2 Å². The molecule has 0 bridgehead atoms. The molecule has 0 atom stereocenters. The van der Waals surface area contributed by atoms with Gasteiger partial charge in [-0.2, -0.15) is 0 Å². The number of aromatic nitrogens is 1. The van der Waals surface area contributed by atoms with E-state index in [-0.39, 0.29) is 0 Å². The van der Waals surface area contributed by atoms with Crippen LogP contribution in [0.5, 0.6) is 0 Å². The lowest BCUT2D eigenvalue weighted by Gasteiger charge is -2.04. The van der Waals surface area contributed by atoms with Crippen molar-refractivity contribution in [1.29, 1.82) is 0 Å². The van der Waals surface area contributed by atoms with Gasteiger partial charge in [-0.05, 0) is 34.2 Å². The highest BCUT2D eigenvalue weighted by molar-refractivity contribution is 14.1. The molecule has 3 heteroatoms. The molecule has 2 nitrogen and oxygen atoms in total. The predicted molar refractivity (Wildman–Crippen MR) is 66.8 cm³/mol. The molecule has 1 aromatic heterocycles. The third-order valence-electron chi connectivity index (χ3n) is 1.96. The van der Waals surface area contributed by atoms with Crippen molar-refractivity contribution in [2.75, 3.05) is 5.73 Å². The summed E-state index contributed by atoms with van der Waals surface area (Å²) in [6, 6.07) is 12.1. The summed E-state index contributed by atoms with van der Waals surface area (Å²) in [6.07, 6.45) is 1.79. The van der Waals surface area contributed by atoms with Crippen LogP contribution in [0, 0.1) is 3.57 Å². The predicted octanol–water partition coefficient (Wildman–Crippen LogP) is 2.94. The Balaban J connectivity index is 2.57. The van der Waals surface area contributed by atoms with Gasteiger partial charge in [0, 0.05) is 15.3 Å². The number of benzene rings is 1. The van der Waals surface area contributed by atoms with Crippen LogP contribution in [0.1, 0.15) is 0 Å². The summed E-state index contributed by atoms with van der Waals surface area (Å²) in [4.78, 5) is 4.04. The Kier molecular flexibility index (Phi) is 2.67. The van der Waals surface area contributed by atoms with E-state index in [9.17, 15) is 0 Å². The topological polar surface area (TPSA) is 38.9 Å². The van der Waals surface area contributed by atoms with E-state index in [0.29, 0.717) is 5.82 Å². The quantitative estimate of drug-likeness (QED) is 0.822. The lowest BCUT2D eigenvalue weighted by molar-refractivity contribution is 1.32. The van der Waals surface area contributed by atoms with Gasteiger partial charge in [0.25, 0.3) is 0 Å². The second-order valence-electron chi connectivity index (χ2n) is 2.96. The molecule has 2 aromatic rings. The van der Waals surface area contributed by atoms with Crippen LogP contribution >= 0.6 is 22.6 Å². The van der Waals surface area contributed by atoms with E-state index in [1.165, 1.54) is 5.56 Å². The molecule has 2 rings (SSSR count). The van der Waals surface area contributed by atoms with Gasteiger partial charge in [0.05, 0.1) is 0 Å². The Morgan fingerprint density at radius 1 is 1.14 bits per heavy atom. The Morgan fingerprint density at radius 2 is 1.86 bits per heavy atom. The minimum absolute atomic E-state index is 0.560. The van der Waals surface area contributed by atoms with Crippen molar-refractivity contribution in [1.82, 2.24) is 4.98 Å². The highest BCUT2D eigenvalue weighted by Gasteiger charge is 2.02. The van der Waals surface area contributed by atoms with Gasteiger partial charge in [0.1, 0.15) is 5.82 Å². The molecule has 0 aliphatic carbocycles. The standard InChI is InChI=1S/C11H9IN2/c12-10-7-14-11(13)6-9(10)8-4-2-1-3-5-8/h1-7H,(H2,13,14). The Bertz CT molecular complexity index is 440. The SMILES string of the molecule is Nc1cc(-c2ccccc2)c(I)cn1. The van der Waals surface area contributed by atoms with E-state index in [0.717, 1.165) is 9.13 Å². The molecular formula is C11H9IN2. The fraction of sp³-hybridized carbons (Fsp3) is 0. The molecule has 0 aliphatic rings. The van der Waals surface area contributed by atoms with Crippen molar-refractivity contribution in [3.8, 4) is 11.1 Å². The monoisotopic (exact) mass is 296 g/mol. The molecule has 0 saturated carbocycles. The molecule has 1 aromatic carbocycles. The minimum atomic E-state index is 0.560. The van der Waals surface area contributed by atoms with Crippen LogP contribution in [0.15, 0.2) is 42.6 Å². The van der Waals surface area contributed by atoms with Crippen molar-refractivity contribution in [2.45, 2.75) is 0 Å². The maximum Gasteiger partial charge on any atom is 0.123 e. The second-order valence-corrected chi connectivity index (χ2v) is 4.12. The molecule has 0 radical (unpaired) electrons. The lowest BCUT2D eigenvalue weighted by Crippen LogP contribution is -1.92. The largest absolute Gasteiger partial charge is 0.384 e. The fourth-order valence-corrected chi connectivity index (χ4v) is 1.90. The van der Waals surface area contributed by atoms with Gasteiger partial charge in [0.15, 0.2) is 0 Å². The molecule has 0 saturated heterocycles. The van der Waals surface area contributed by atoms with Gasteiger partial charge >= 0.3 is 0 Å². The molecule has 1 heterocycles. The van der Waals surface area contributed by atoms with E-state index in [1.807, 2.05) is 24.3 Å². The van der Waals surface area contributed by atoms with Crippen LogP contribution in [0.3, 0.4) is 0 Å². The normalized spacial score (nSPS) is 10.1. The number of nitrogens with zero attached hydrogens (tertiary/aromatic N) is 1. The molecule has 0 aliphatic heterocycles. The number of hydrogen-bond donors (Lipinski definition) is 1. The Labute approximate surface area is 96.3 Å². The molecule has 2 N–H and O–H groups in total. The average Bonchev–Trinajstić information content (AvgIpc) is 2.23. The van der Waals surface area contributed by atoms with Gasteiger partial charge in [-0.1, -0.05) is 30.3 Å². The third-order valence-corrected chi connectivity index (χ3v) is 2.82. The zero-order valence-corrected chi connectivity index (χ0v) is 9.60. The smallest absolute Gasteiger partial charge is 0.123 e. The van der Waals surface area contributed by atoms with Crippen molar-refractivity contribution < 1.29 is 0 Å². The zero-order chi connectivity index (χ0) is 9.97. The average molecular weight is 296 g/mol. The number of anilines is 1. The number of halogens is 1. The summed E-state index contributed by atoms with van der Waals surface area (Å²) in [5, 5.41) is 0. The molecule has 0 fully saturated rings. The summed E-state index contributed by atoms with van der Waals surface area (Å²) < 4.78 is 1.11. The van der Waals surface area contributed by atoms with E-state index >= 15 is 0 Å². The van der Waals surface area contributed by atoms with E-state index < -0.39 is 0 Å². The maximum absolute atomic E-state index is 5.65. The van der Waals surface area contributed by atoms with Crippen LogP contribution in [0.25, 0.3) is 11.1 Å². The van der Waals surface area contributed by atoms with E-state index in [1.54, 1.807) is 6.20 Å². The summed E-state index contributed by atoms with van der Waals surface area (Å²) in [5.74, 6) is 0.560. The molecule has 14 heavy (non-hydrogen) atoms. The van der Waals surface area contributed by atoms with Crippen molar-refractivity contribution in [2.24, 2.45) is 0 Å². The first-order valence-corrected chi connectivity index (χ1v) is 5.31. The van der Waals surface area contributed by atoms with Gasteiger partial charge in [-0.15, -0.1) is 0 Å². The van der Waals surface area contributed by atoms with Crippen molar-refractivity contribution in [3.63, 3.8) is 0 Å². The van der Waals surface area contributed by atoms with E-state index in [2.05, 4.69) is 39.7 Å². The van der Waals surface area contributed by atoms with E-state index in [4.69, 9.17) is 5.73 Å². The van der Waals surface area contributed by atoms with Crippen LogP contribution in [0.4, 0.5) is 5.82 Å². The summed E-state index contributed by atoms with van der Waals surface area (Å²) in [6.45, 7) is 0. The first-order chi connectivity index (χ1) is 6.77. The number of pyridine rings is 1. The highest BCUT2D eigenvalue weighted by atomic mass is 127. The number of rotatable bonds is 1. The van der Waals surface area contributed by atoms with Gasteiger partial charge in [0.2, 0.25) is 0 Å². The zero-order valence-electron chi connectivity index (χ0n) is 7.44. The number of nitrogen functional groups attached to an aromatic ring is 1. The number of hydrogen-bond acceptors (Lipinski definition) is 2. The molecular weight excluding hydrogens is 287 g/mol. The maximum atomic E-state index is 5.65. The first kappa shape index (κ1) is 9.45. The first-order valence-electron chi connectivity index (χ1n) is 4.24. The summed E-state index contributed by atoms with van der Waals surface area (Å²) in [7, 11) is 0. The summed E-state index contributed by atoms with van der Waals surface area (Å²) >= 11 is 2.26. The number of nitrogens with two attached hydrogens (primary N) is 1. The molecule has 0 amide bonds. The minimum Gasteiger partial charge on any atom is -0.384 e. The van der Waals surface area contributed by atoms with Crippen LogP contribution in [0.2, 0.25) is 0 Å². The van der Waals surface area contributed by atoms with Gasteiger partial charge < -0.3 is 5.73 Å². The second kappa shape index (κ2) is 3.96. The lowest BCUT2D eigenvalue weighted by atomic mass is 10.1. The Hall–Kier alpha value is -1.10. The van der Waals surface area contributed by atoms with Gasteiger partial charge in [-0.3, -0.25) is 0 Å². The molecule has 0 spiro atoms. The van der Waals surface area contributed by atoms with Gasteiger partial charge in [-0.25, -0.2) is 4.98 Å². The van der Waals surface area contributed by atoms with Crippen LogP contribution in [-0.2, 0) is 0 Å². The highest BCUT2D eigenvalue weighted by Crippen LogP contribution is 2.25. The molecule has 70 valence electrons. The van der Waals surface area contributed by atoms with Crippen LogP contribution < -0.4 is 5.73 Å². The van der Waals surface area contributed by atoms with Crippen LogP contribution in [-0.4, -0.2) is 4.98 Å². The molecule has 0 unspecified atom stereocenters.